The first kappa shape index (κ1) is 30.3. The Bertz CT molecular complexity index is 875. The number of rotatable bonds is 7. The minimum absolute atomic E-state index is 0.0813. The number of benzene rings is 2. The average molecular weight is 495 g/mol. The summed E-state index contributed by atoms with van der Waals surface area (Å²) in [6.07, 6.45) is 6.82. The Kier molecular flexibility index (Phi) is 9.08. The largest absolute Gasteiger partial charge is 0.507 e. The van der Waals surface area contributed by atoms with Crippen LogP contribution < -0.4 is 0 Å². The van der Waals surface area contributed by atoms with E-state index in [1.54, 1.807) is 0 Å². The first-order chi connectivity index (χ1) is 16.2. The molecule has 2 N–H and O–H groups in total. The molecule has 2 aromatic carbocycles. The van der Waals surface area contributed by atoms with Crippen LogP contribution in [0.4, 0.5) is 0 Å². The van der Waals surface area contributed by atoms with Crippen molar-refractivity contribution in [1.82, 2.24) is 0 Å². The second-order valence-electron chi connectivity index (χ2n) is 15.0. The highest BCUT2D eigenvalue weighted by Crippen LogP contribution is 2.41. The highest BCUT2D eigenvalue weighted by Gasteiger charge is 2.27. The van der Waals surface area contributed by atoms with Gasteiger partial charge in [-0.1, -0.05) is 120 Å². The lowest BCUT2D eigenvalue weighted by Crippen LogP contribution is -2.18. The summed E-state index contributed by atoms with van der Waals surface area (Å²) in [5, 5.41) is 22.0. The fourth-order valence-corrected chi connectivity index (χ4v) is 4.98. The Balaban J connectivity index is 2.06. The minimum atomic E-state index is -0.0813. The number of aromatic hydroxyl groups is 2. The van der Waals surface area contributed by atoms with Crippen molar-refractivity contribution in [1.29, 1.82) is 0 Å². The van der Waals surface area contributed by atoms with Crippen LogP contribution in [-0.2, 0) is 34.5 Å². The molecule has 0 aliphatic carbocycles. The van der Waals surface area contributed by atoms with Gasteiger partial charge >= 0.3 is 0 Å². The number of phenolic OH excluding ortho intramolecular Hbond substituents is 2. The molecule has 0 amide bonds. The first-order valence-electron chi connectivity index (χ1n) is 14.0. The van der Waals surface area contributed by atoms with Crippen LogP contribution in [0.1, 0.15) is 142 Å². The second-order valence-corrected chi connectivity index (χ2v) is 15.0. The molecule has 0 aliphatic rings. The molecule has 0 radical (unpaired) electrons. The van der Waals surface area contributed by atoms with Gasteiger partial charge in [-0.2, -0.15) is 0 Å². The third kappa shape index (κ3) is 7.77. The summed E-state index contributed by atoms with van der Waals surface area (Å²) in [5.41, 5.74) is 6.58. The molecule has 2 rings (SSSR count). The van der Waals surface area contributed by atoms with Crippen LogP contribution in [0.25, 0.3) is 0 Å². The molecule has 2 aromatic rings. The van der Waals surface area contributed by atoms with E-state index in [0.717, 1.165) is 47.9 Å². The summed E-state index contributed by atoms with van der Waals surface area (Å²) < 4.78 is 0. The van der Waals surface area contributed by atoms with Crippen LogP contribution >= 0.6 is 0 Å². The van der Waals surface area contributed by atoms with Gasteiger partial charge in [0.25, 0.3) is 0 Å². The van der Waals surface area contributed by atoms with E-state index in [0.29, 0.717) is 11.5 Å². The average Bonchev–Trinajstić information content (AvgIpc) is 2.68. The van der Waals surface area contributed by atoms with Crippen LogP contribution in [0, 0.1) is 0 Å². The molecule has 0 atom stereocenters. The van der Waals surface area contributed by atoms with Gasteiger partial charge in [0.1, 0.15) is 11.5 Å². The predicted molar refractivity (Wildman–Crippen MR) is 157 cm³/mol. The summed E-state index contributed by atoms with van der Waals surface area (Å²) in [6.45, 7) is 26.1. The van der Waals surface area contributed by atoms with Gasteiger partial charge in [-0.3, -0.25) is 0 Å². The lowest BCUT2D eigenvalue weighted by molar-refractivity contribution is 0.421. The molecule has 2 nitrogen and oxygen atoms in total. The van der Waals surface area contributed by atoms with Gasteiger partial charge in [0, 0.05) is 0 Å². The molecular formula is C34H54O2. The maximum absolute atomic E-state index is 11.0. The molecule has 0 aromatic heterocycles. The van der Waals surface area contributed by atoms with Crippen molar-refractivity contribution in [3.63, 3.8) is 0 Å². The predicted octanol–water partition coefficient (Wildman–Crippen LogP) is 9.63. The Hall–Kier alpha value is -1.96. The standard InChI is InChI=1S/C34H54O2/c1-31(2,3)25-19-23(20-26(29(25)35)32(4,5)6)17-15-13-14-16-18-24-21-27(33(7,8)9)30(36)28(22-24)34(10,11)12/h19-22,35-36H,13-18H2,1-12H3. The Morgan fingerprint density at radius 2 is 0.639 bits per heavy atom. The normalized spacial score (nSPS) is 13.3. The number of hydrogen-bond acceptors (Lipinski definition) is 2. The Morgan fingerprint density at radius 1 is 0.417 bits per heavy atom. The van der Waals surface area contributed by atoms with Gasteiger partial charge in [-0.25, -0.2) is 0 Å². The van der Waals surface area contributed by atoms with Crippen LogP contribution in [-0.4, -0.2) is 10.2 Å². The number of aryl methyl sites for hydroxylation is 2. The van der Waals surface area contributed by atoms with Crippen molar-refractivity contribution in [3.8, 4) is 11.5 Å². The van der Waals surface area contributed by atoms with E-state index in [-0.39, 0.29) is 21.7 Å². The van der Waals surface area contributed by atoms with E-state index in [1.165, 1.54) is 24.0 Å². The van der Waals surface area contributed by atoms with Crippen LogP contribution in [0.3, 0.4) is 0 Å². The highest BCUT2D eigenvalue weighted by atomic mass is 16.3. The van der Waals surface area contributed by atoms with E-state index >= 15 is 0 Å². The summed E-state index contributed by atoms with van der Waals surface area (Å²) in [7, 11) is 0. The summed E-state index contributed by atoms with van der Waals surface area (Å²) in [5.74, 6) is 0.939. The Morgan fingerprint density at radius 3 is 0.833 bits per heavy atom. The fraction of sp³-hybridized carbons (Fsp3) is 0.647. The molecule has 0 aliphatic heterocycles. The summed E-state index contributed by atoms with van der Waals surface area (Å²) in [6, 6.07) is 8.90. The number of phenols is 2. The lowest BCUT2D eigenvalue weighted by Gasteiger charge is -2.28. The van der Waals surface area contributed by atoms with Crippen molar-refractivity contribution in [2.75, 3.05) is 0 Å². The second kappa shape index (κ2) is 10.8. The van der Waals surface area contributed by atoms with E-state index in [1.807, 2.05) is 0 Å². The zero-order valence-corrected chi connectivity index (χ0v) is 25.4. The maximum Gasteiger partial charge on any atom is 0.123 e. The number of hydrogen-bond donors (Lipinski definition) is 2. The van der Waals surface area contributed by atoms with Gasteiger partial charge in [0.05, 0.1) is 0 Å². The van der Waals surface area contributed by atoms with E-state index in [9.17, 15) is 10.2 Å². The van der Waals surface area contributed by atoms with E-state index < -0.39 is 0 Å². The van der Waals surface area contributed by atoms with E-state index in [4.69, 9.17) is 0 Å². The highest BCUT2D eigenvalue weighted by molar-refractivity contribution is 5.51. The van der Waals surface area contributed by atoms with E-state index in [2.05, 4.69) is 107 Å². The molecule has 0 fully saturated rings. The van der Waals surface area contributed by atoms with Crippen molar-refractivity contribution in [2.24, 2.45) is 0 Å². The quantitative estimate of drug-likeness (QED) is 0.376. The minimum Gasteiger partial charge on any atom is -0.507 e. The SMILES string of the molecule is CC(C)(C)c1cc(CCCCCCc2cc(C(C)(C)C)c(O)c(C(C)(C)C)c2)cc(C(C)(C)C)c1O. The maximum atomic E-state index is 11.0. The third-order valence-electron chi connectivity index (χ3n) is 7.25. The van der Waals surface area contributed by atoms with Gasteiger partial charge in [-0.05, 0) is 80.7 Å². The van der Waals surface area contributed by atoms with Crippen molar-refractivity contribution < 1.29 is 10.2 Å². The molecule has 0 unspecified atom stereocenters. The molecule has 0 bridgehead atoms. The molecule has 36 heavy (non-hydrogen) atoms. The van der Waals surface area contributed by atoms with Crippen LogP contribution in [0.2, 0.25) is 0 Å². The first-order valence-corrected chi connectivity index (χ1v) is 14.0. The topological polar surface area (TPSA) is 40.5 Å². The van der Waals surface area contributed by atoms with Crippen molar-refractivity contribution >= 4 is 0 Å². The van der Waals surface area contributed by atoms with Crippen molar-refractivity contribution in [3.05, 3.63) is 57.6 Å². The molecule has 0 saturated heterocycles. The summed E-state index contributed by atoms with van der Waals surface area (Å²) in [4.78, 5) is 0. The smallest absolute Gasteiger partial charge is 0.123 e. The zero-order chi connectivity index (χ0) is 27.7. The van der Waals surface area contributed by atoms with Crippen LogP contribution in [0.15, 0.2) is 24.3 Å². The van der Waals surface area contributed by atoms with Gasteiger partial charge in [0.2, 0.25) is 0 Å². The monoisotopic (exact) mass is 494 g/mol. The lowest BCUT2D eigenvalue weighted by atomic mass is 9.78. The fourth-order valence-electron chi connectivity index (χ4n) is 4.98. The zero-order valence-electron chi connectivity index (χ0n) is 25.4. The molecule has 0 saturated carbocycles. The van der Waals surface area contributed by atoms with Gasteiger partial charge in [0.15, 0.2) is 0 Å². The third-order valence-corrected chi connectivity index (χ3v) is 7.25. The van der Waals surface area contributed by atoms with Crippen molar-refractivity contribution in [2.45, 2.75) is 143 Å². The molecule has 0 spiro atoms. The van der Waals surface area contributed by atoms with Gasteiger partial charge in [-0.15, -0.1) is 0 Å². The molecule has 202 valence electrons. The summed E-state index contributed by atoms with van der Waals surface area (Å²) >= 11 is 0. The molecular weight excluding hydrogens is 440 g/mol. The Labute approximate surface area is 222 Å². The van der Waals surface area contributed by atoms with Gasteiger partial charge < -0.3 is 10.2 Å². The molecule has 2 heteroatoms. The number of unbranched alkanes of at least 4 members (excludes halogenated alkanes) is 3. The van der Waals surface area contributed by atoms with Crippen LogP contribution in [0.5, 0.6) is 11.5 Å². The molecule has 0 heterocycles.